The number of carbonyl (C=O) groups excluding carboxylic acids is 2. The summed E-state index contributed by atoms with van der Waals surface area (Å²) in [6.45, 7) is 4.46. The maximum atomic E-state index is 12.9. The van der Waals surface area contributed by atoms with Gasteiger partial charge in [0.25, 0.3) is 5.91 Å². The average molecular weight is 341 g/mol. The summed E-state index contributed by atoms with van der Waals surface area (Å²) in [7, 11) is 1.55. The Bertz CT molecular complexity index is 821. The predicted octanol–water partition coefficient (Wildman–Crippen LogP) is 2.63. The van der Waals surface area contributed by atoms with Gasteiger partial charge in [0.15, 0.2) is 0 Å². The molecule has 2 amide bonds. The number of para-hydroxylation sites is 1. The molecule has 2 heterocycles. The van der Waals surface area contributed by atoms with Crippen molar-refractivity contribution in [3.8, 4) is 5.75 Å². The summed E-state index contributed by atoms with van der Waals surface area (Å²) in [6, 6.07) is 9.01. The molecule has 0 atom stereocenters. The minimum Gasteiger partial charge on any atom is -0.496 e. The second kappa shape index (κ2) is 7.21. The quantitative estimate of drug-likeness (QED) is 0.800. The molecule has 130 valence electrons. The summed E-state index contributed by atoms with van der Waals surface area (Å²) >= 11 is 0. The number of hydrogen-bond acceptors (Lipinski definition) is 5. The second-order valence-corrected chi connectivity index (χ2v) is 5.50. The molecule has 0 aliphatic carbocycles. The highest BCUT2D eigenvalue weighted by atomic mass is 16.6. The number of ether oxygens (including phenoxy) is 2. The predicted molar refractivity (Wildman–Crippen MR) is 92.2 cm³/mol. The van der Waals surface area contributed by atoms with Crippen molar-refractivity contribution in [2.24, 2.45) is 0 Å². The fourth-order valence-corrected chi connectivity index (χ4v) is 2.77. The van der Waals surface area contributed by atoms with Crippen LogP contribution in [-0.4, -0.2) is 53.8 Å². The van der Waals surface area contributed by atoms with Gasteiger partial charge in [0.2, 0.25) is 0 Å². The summed E-state index contributed by atoms with van der Waals surface area (Å²) in [5.41, 5.74) is 0.879. The van der Waals surface area contributed by atoms with Crippen LogP contribution in [0.5, 0.6) is 5.75 Å². The van der Waals surface area contributed by atoms with Crippen LogP contribution in [0.15, 0.2) is 43.0 Å². The third kappa shape index (κ3) is 3.26. The molecule has 1 fully saturated rings. The zero-order valence-corrected chi connectivity index (χ0v) is 14.0. The summed E-state index contributed by atoms with van der Waals surface area (Å²) in [4.78, 5) is 29.4. The maximum Gasteiger partial charge on any atom is 0.429 e. The van der Waals surface area contributed by atoms with E-state index in [1.807, 2.05) is 24.3 Å². The minimum atomic E-state index is -0.571. The van der Waals surface area contributed by atoms with E-state index in [1.165, 1.54) is 16.1 Å². The van der Waals surface area contributed by atoms with E-state index in [0.29, 0.717) is 30.8 Å². The van der Waals surface area contributed by atoms with E-state index in [0.717, 1.165) is 5.39 Å². The first kappa shape index (κ1) is 16.8. The van der Waals surface area contributed by atoms with Crippen LogP contribution < -0.4 is 4.74 Å². The lowest BCUT2D eigenvalue weighted by Gasteiger charge is -2.26. The number of rotatable bonds is 4. The van der Waals surface area contributed by atoms with E-state index >= 15 is 0 Å². The topological polar surface area (TPSA) is 72.0 Å². The van der Waals surface area contributed by atoms with E-state index in [-0.39, 0.29) is 18.2 Å². The number of pyridine rings is 1. The molecule has 0 unspecified atom stereocenters. The number of fused-ring (bicyclic) bond motifs is 1. The number of benzene rings is 1. The van der Waals surface area contributed by atoms with E-state index in [2.05, 4.69) is 11.6 Å². The number of hydrazine groups is 1. The standard InChI is InChI=1S/C18H19N3O4/c1-3-11-25-18(23)21-10-6-9-20(21)17(22)15-12-16(24-2)13-7-4-5-8-14(13)19-15/h3-5,7-8,12H,1,6,9-11H2,2H3. The number of hydrogen-bond donors (Lipinski definition) is 0. The van der Waals surface area contributed by atoms with Gasteiger partial charge in [-0.15, -0.1) is 0 Å². The highest BCUT2D eigenvalue weighted by Gasteiger charge is 2.33. The third-order valence-electron chi connectivity index (χ3n) is 3.92. The Morgan fingerprint density at radius 3 is 2.80 bits per heavy atom. The van der Waals surface area contributed by atoms with Gasteiger partial charge in [0, 0.05) is 24.5 Å². The van der Waals surface area contributed by atoms with Gasteiger partial charge in [-0.25, -0.2) is 19.8 Å². The molecule has 25 heavy (non-hydrogen) atoms. The van der Waals surface area contributed by atoms with Crippen LogP contribution in [0, 0.1) is 0 Å². The second-order valence-electron chi connectivity index (χ2n) is 5.50. The fourth-order valence-electron chi connectivity index (χ4n) is 2.77. The van der Waals surface area contributed by atoms with Crippen LogP contribution in [0.2, 0.25) is 0 Å². The van der Waals surface area contributed by atoms with E-state index < -0.39 is 6.09 Å². The molecule has 3 rings (SSSR count). The molecule has 7 nitrogen and oxygen atoms in total. The molecular weight excluding hydrogens is 322 g/mol. The lowest BCUT2D eigenvalue weighted by Crippen LogP contribution is -2.45. The molecule has 1 aliphatic heterocycles. The number of carbonyl (C=O) groups is 2. The molecule has 0 spiro atoms. The first-order valence-corrected chi connectivity index (χ1v) is 7.96. The highest BCUT2D eigenvalue weighted by molar-refractivity contribution is 5.97. The molecule has 0 saturated carbocycles. The molecule has 0 radical (unpaired) electrons. The Kier molecular flexibility index (Phi) is 4.83. The van der Waals surface area contributed by atoms with Gasteiger partial charge in [-0.05, 0) is 18.6 Å². The minimum absolute atomic E-state index is 0.0966. The molecule has 2 aromatic rings. The lowest BCUT2D eigenvalue weighted by atomic mass is 10.1. The van der Waals surface area contributed by atoms with Crippen molar-refractivity contribution in [3.63, 3.8) is 0 Å². The number of methoxy groups -OCH3 is 1. The number of amides is 2. The lowest BCUT2D eigenvalue weighted by molar-refractivity contribution is 0.0157. The van der Waals surface area contributed by atoms with Crippen LogP contribution in [0.25, 0.3) is 10.9 Å². The molecule has 1 aromatic heterocycles. The zero-order valence-electron chi connectivity index (χ0n) is 14.0. The van der Waals surface area contributed by atoms with Crippen molar-refractivity contribution >= 4 is 22.9 Å². The van der Waals surface area contributed by atoms with E-state index in [4.69, 9.17) is 9.47 Å². The molecule has 7 heteroatoms. The van der Waals surface area contributed by atoms with Gasteiger partial charge in [-0.2, -0.15) is 0 Å². The zero-order chi connectivity index (χ0) is 17.8. The summed E-state index contributed by atoms with van der Waals surface area (Å²) in [6.07, 6.45) is 1.59. The van der Waals surface area contributed by atoms with Crippen LogP contribution in [0.3, 0.4) is 0 Å². The van der Waals surface area contributed by atoms with Gasteiger partial charge < -0.3 is 9.47 Å². The van der Waals surface area contributed by atoms with Crippen LogP contribution in [0.1, 0.15) is 16.9 Å². The van der Waals surface area contributed by atoms with Gasteiger partial charge in [-0.1, -0.05) is 24.8 Å². The van der Waals surface area contributed by atoms with Gasteiger partial charge in [0.1, 0.15) is 18.1 Å². The Labute approximate surface area is 145 Å². The molecule has 0 bridgehead atoms. The van der Waals surface area contributed by atoms with Gasteiger partial charge in [0.05, 0.1) is 12.6 Å². The molecule has 1 saturated heterocycles. The van der Waals surface area contributed by atoms with Crippen molar-refractivity contribution in [3.05, 3.63) is 48.7 Å². The summed E-state index contributed by atoms with van der Waals surface area (Å²) < 4.78 is 10.4. The first-order valence-electron chi connectivity index (χ1n) is 7.96. The first-order chi connectivity index (χ1) is 12.2. The normalized spacial score (nSPS) is 13.8. The highest BCUT2D eigenvalue weighted by Crippen LogP contribution is 2.26. The SMILES string of the molecule is C=CCOC(=O)N1CCCN1C(=O)c1cc(OC)c2ccccc2n1. The van der Waals surface area contributed by atoms with E-state index in [9.17, 15) is 9.59 Å². The van der Waals surface area contributed by atoms with Gasteiger partial charge >= 0.3 is 6.09 Å². The molecular formula is C18H19N3O4. The maximum absolute atomic E-state index is 12.9. The summed E-state index contributed by atoms with van der Waals surface area (Å²) in [5, 5.41) is 3.49. The largest absolute Gasteiger partial charge is 0.496 e. The molecule has 1 aromatic carbocycles. The van der Waals surface area contributed by atoms with Crippen molar-refractivity contribution < 1.29 is 19.1 Å². The van der Waals surface area contributed by atoms with Crippen molar-refractivity contribution in [2.45, 2.75) is 6.42 Å². The monoisotopic (exact) mass is 341 g/mol. The summed E-state index contributed by atoms with van der Waals surface area (Å²) in [5.74, 6) is 0.200. The van der Waals surface area contributed by atoms with Crippen molar-refractivity contribution in [1.82, 2.24) is 15.0 Å². The fraction of sp³-hybridized carbons (Fsp3) is 0.278. The third-order valence-corrected chi connectivity index (χ3v) is 3.92. The number of aromatic nitrogens is 1. The average Bonchev–Trinajstić information content (AvgIpc) is 3.14. The molecule has 1 aliphatic rings. The smallest absolute Gasteiger partial charge is 0.429 e. The Balaban J connectivity index is 1.90. The van der Waals surface area contributed by atoms with Crippen LogP contribution >= 0.6 is 0 Å². The Morgan fingerprint density at radius 2 is 2.04 bits per heavy atom. The Morgan fingerprint density at radius 1 is 1.28 bits per heavy atom. The van der Waals surface area contributed by atoms with E-state index in [1.54, 1.807) is 13.2 Å². The Hall–Kier alpha value is -3.09. The van der Waals surface area contributed by atoms with Crippen molar-refractivity contribution in [2.75, 3.05) is 26.8 Å². The van der Waals surface area contributed by atoms with Gasteiger partial charge in [-0.3, -0.25) is 4.79 Å². The van der Waals surface area contributed by atoms with Crippen LogP contribution in [0.4, 0.5) is 4.79 Å². The molecule has 0 N–H and O–H groups in total. The van der Waals surface area contributed by atoms with Crippen molar-refractivity contribution in [1.29, 1.82) is 0 Å². The number of nitrogens with zero attached hydrogens (tertiary/aromatic N) is 3. The van der Waals surface area contributed by atoms with Crippen LogP contribution in [-0.2, 0) is 4.74 Å².